The number of carbonyl (C=O) groups excluding carboxylic acids is 1. The van der Waals surface area contributed by atoms with Gasteiger partial charge in [-0.1, -0.05) is 6.07 Å². The Balaban J connectivity index is 2.34. The van der Waals surface area contributed by atoms with Gasteiger partial charge >= 0.3 is 0 Å². The molecule has 0 aliphatic carbocycles. The van der Waals surface area contributed by atoms with Gasteiger partial charge in [-0.05, 0) is 25.0 Å². The monoisotopic (exact) mass is 220 g/mol. The first-order chi connectivity index (χ1) is 7.74. The van der Waals surface area contributed by atoms with Crippen LogP contribution in [0, 0.1) is 0 Å². The number of carbonyl (C=O) groups is 1. The van der Waals surface area contributed by atoms with Gasteiger partial charge in [-0.3, -0.25) is 4.79 Å². The van der Waals surface area contributed by atoms with Crippen LogP contribution in [-0.4, -0.2) is 31.0 Å². The molecule has 0 bridgehead atoms. The Morgan fingerprint density at radius 2 is 2.06 bits per heavy atom. The molecule has 1 aliphatic rings. The van der Waals surface area contributed by atoms with Crippen LogP contribution in [-0.2, 0) is 0 Å². The summed E-state index contributed by atoms with van der Waals surface area (Å²) in [4.78, 5) is 14.0. The van der Waals surface area contributed by atoms with Gasteiger partial charge in [-0.15, -0.1) is 0 Å². The second-order valence-corrected chi connectivity index (χ2v) is 3.92. The number of nitrogen functional groups attached to an aromatic ring is 1. The van der Waals surface area contributed by atoms with Crippen LogP contribution in [0.4, 0.5) is 5.69 Å². The highest BCUT2D eigenvalue weighted by atomic mass is 16.5. The van der Waals surface area contributed by atoms with Gasteiger partial charge in [0.25, 0.3) is 5.91 Å². The Labute approximate surface area is 95.0 Å². The molecule has 1 aliphatic heterocycles. The molecular weight excluding hydrogens is 204 g/mol. The van der Waals surface area contributed by atoms with Crippen LogP contribution >= 0.6 is 0 Å². The summed E-state index contributed by atoms with van der Waals surface area (Å²) in [6.45, 7) is 1.63. The molecule has 1 aromatic carbocycles. The largest absolute Gasteiger partial charge is 0.496 e. The third-order valence-corrected chi connectivity index (χ3v) is 2.89. The third kappa shape index (κ3) is 1.83. The number of likely N-dealkylation sites (tertiary alicyclic amines) is 1. The molecule has 1 saturated heterocycles. The Bertz CT molecular complexity index is 398. The predicted molar refractivity (Wildman–Crippen MR) is 62.5 cm³/mol. The Morgan fingerprint density at radius 3 is 2.69 bits per heavy atom. The van der Waals surface area contributed by atoms with Gasteiger partial charge in [-0.2, -0.15) is 0 Å². The van der Waals surface area contributed by atoms with E-state index < -0.39 is 0 Å². The van der Waals surface area contributed by atoms with Crippen molar-refractivity contribution in [3.63, 3.8) is 0 Å². The van der Waals surface area contributed by atoms with E-state index >= 15 is 0 Å². The first kappa shape index (κ1) is 10.8. The average molecular weight is 220 g/mol. The molecule has 16 heavy (non-hydrogen) atoms. The standard InChI is InChI=1S/C12H16N2O2/c1-16-10-6-4-5-9(13)11(10)12(15)14-7-2-3-8-14/h4-6H,2-3,7-8,13H2,1H3. The molecule has 1 aromatic rings. The number of methoxy groups -OCH3 is 1. The van der Waals surface area contributed by atoms with E-state index in [1.807, 2.05) is 4.90 Å². The summed E-state index contributed by atoms with van der Waals surface area (Å²) in [6.07, 6.45) is 2.14. The van der Waals surface area contributed by atoms with Crippen LogP contribution in [0.3, 0.4) is 0 Å². The van der Waals surface area contributed by atoms with Crippen molar-refractivity contribution >= 4 is 11.6 Å². The van der Waals surface area contributed by atoms with Crippen molar-refractivity contribution < 1.29 is 9.53 Å². The number of benzene rings is 1. The highest BCUT2D eigenvalue weighted by Gasteiger charge is 2.24. The van der Waals surface area contributed by atoms with Crippen LogP contribution in [0.5, 0.6) is 5.75 Å². The van der Waals surface area contributed by atoms with Gasteiger partial charge in [0.1, 0.15) is 11.3 Å². The lowest BCUT2D eigenvalue weighted by atomic mass is 10.1. The number of hydrogen-bond acceptors (Lipinski definition) is 3. The first-order valence-corrected chi connectivity index (χ1v) is 5.46. The topological polar surface area (TPSA) is 55.6 Å². The van der Waals surface area contributed by atoms with Gasteiger partial charge < -0.3 is 15.4 Å². The first-order valence-electron chi connectivity index (χ1n) is 5.46. The summed E-state index contributed by atoms with van der Waals surface area (Å²) in [5.41, 5.74) is 6.81. The third-order valence-electron chi connectivity index (χ3n) is 2.89. The number of rotatable bonds is 2. The fourth-order valence-corrected chi connectivity index (χ4v) is 2.03. The summed E-state index contributed by atoms with van der Waals surface area (Å²) in [7, 11) is 1.55. The Hall–Kier alpha value is -1.71. The molecule has 4 nitrogen and oxygen atoms in total. The van der Waals surface area contributed by atoms with Crippen LogP contribution in [0.25, 0.3) is 0 Å². The SMILES string of the molecule is COc1cccc(N)c1C(=O)N1CCCC1. The van der Waals surface area contributed by atoms with E-state index in [2.05, 4.69) is 0 Å². The molecule has 0 atom stereocenters. The molecule has 2 N–H and O–H groups in total. The molecule has 1 amide bonds. The number of anilines is 1. The van der Waals surface area contributed by atoms with E-state index in [9.17, 15) is 4.79 Å². The molecule has 0 radical (unpaired) electrons. The molecule has 1 heterocycles. The molecule has 0 spiro atoms. The van der Waals surface area contributed by atoms with E-state index in [0.29, 0.717) is 17.0 Å². The second-order valence-electron chi connectivity index (χ2n) is 3.92. The normalized spacial score (nSPS) is 15.2. The lowest BCUT2D eigenvalue weighted by molar-refractivity contribution is 0.0790. The molecule has 0 unspecified atom stereocenters. The van der Waals surface area contributed by atoms with Crippen LogP contribution < -0.4 is 10.5 Å². The minimum Gasteiger partial charge on any atom is -0.496 e. The lowest BCUT2D eigenvalue weighted by Gasteiger charge is -2.18. The summed E-state index contributed by atoms with van der Waals surface area (Å²) in [6, 6.07) is 5.28. The van der Waals surface area contributed by atoms with Crippen molar-refractivity contribution in [2.45, 2.75) is 12.8 Å². The zero-order chi connectivity index (χ0) is 11.5. The summed E-state index contributed by atoms with van der Waals surface area (Å²) < 4.78 is 5.18. The van der Waals surface area contributed by atoms with Gasteiger partial charge in [0.2, 0.25) is 0 Å². The van der Waals surface area contributed by atoms with E-state index in [0.717, 1.165) is 25.9 Å². The fourth-order valence-electron chi connectivity index (χ4n) is 2.03. The van der Waals surface area contributed by atoms with E-state index in [1.165, 1.54) is 0 Å². The number of amides is 1. The van der Waals surface area contributed by atoms with Crippen molar-refractivity contribution in [1.29, 1.82) is 0 Å². The van der Waals surface area contributed by atoms with Crippen molar-refractivity contribution in [3.05, 3.63) is 23.8 Å². The average Bonchev–Trinajstić information content (AvgIpc) is 2.81. The maximum absolute atomic E-state index is 12.2. The smallest absolute Gasteiger partial charge is 0.259 e. The van der Waals surface area contributed by atoms with Crippen molar-refractivity contribution in [1.82, 2.24) is 4.90 Å². The Morgan fingerprint density at radius 1 is 1.38 bits per heavy atom. The van der Waals surface area contributed by atoms with E-state index in [1.54, 1.807) is 25.3 Å². The number of nitrogens with two attached hydrogens (primary N) is 1. The van der Waals surface area contributed by atoms with Gasteiger partial charge in [0.05, 0.1) is 7.11 Å². The van der Waals surface area contributed by atoms with Crippen molar-refractivity contribution in [2.24, 2.45) is 0 Å². The van der Waals surface area contributed by atoms with E-state index in [-0.39, 0.29) is 5.91 Å². The molecule has 86 valence electrons. The summed E-state index contributed by atoms with van der Waals surface area (Å²) >= 11 is 0. The van der Waals surface area contributed by atoms with Crippen molar-refractivity contribution in [2.75, 3.05) is 25.9 Å². The minimum absolute atomic E-state index is 0.0209. The zero-order valence-corrected chi connectivity index (χ0v) is 9.40. The van der Waals surface area contributed by atoms with Gasteiger partial charge in [-0.25, -0.2) is 0 Å². The Kier molecular flexibility index (Phi) is 2.99. The predicted octanol–water partition coefficient (Wildman–Crippen LogP) is 1.51. The van der Waals surface area contributed by atoms with Crippen LogP contribution in [0.1, 0.15) is 23.2 Å². The maximum Gasteiger partial charge on any atom is 0.259 e. The number of nitrogens with zero attached hydrogens (tertiary/aromatic N) is 1. The molecular formula is C12H16N2O2. The maximum atomic E-state index is 12.2. The lowest BCUT2D eigenvalue weighted by Crippen LogP contribution is -2.28. The second kappa shape index (κ2) is 4.43. The minimum atomic E-state index is -0.0209. The fraction of sp³-hybridized carbons (Fsp3) is 0.417. The highest BCUT2D eigenvalue weighted by molar-refractivity contribution is 6.02. The van der Waals surface area contributed by atoms with Gasteiger partial charge in [0.15, 0.2) is 0 Å². The molecule has 0 saturated carbocycles. The summed E-state index contributed by atoms with van der Waals surface area (Å²) in [5.74, 6) is 0.532. The molecule has 4 heteroatoms. The van der Waals surface area contributed by atoms with Crippen molar-refractivity contribution in [3.8, 4) is 5.75 Å². The van der Waals surface area contributed by atoms with Crippen LogP contribution in [0.15, 0.2) is 18.2 Å². The molecule has 1 fully saturated rings. The van der Waals surface area contributed by atoms with Crippen LogP contribution in [0.2, 0.25) is 0 Å². The summed E-state index contributed by atoms with van der Waals surface area (Å²) in [5, 5.41) is 0. The highest BCUT2D eigenvalue weighted by Crippen LogP contribution is 2.26. The quantitative estimate of drug-likeness (QED) is 0.769. The number of hydrogen-bond donors (Lipinski definition) is 1. The molecule has 0 aromatic heterocycles. The number of ether oxygens (including phenoxy) is 1. The zero-order valence-electron chi connectivity index (χ0n) is 9.40. The molecule has 2 rings (SSSR count). The van der Waals surface area contributed by atoms with E-state index in [4.69, 9.17) is 10.5 Å². The van der Waals surface area contributed by atoms with Gasteiger partial charge in [0, 0.05) is 18.8 Å².